The number of aliphatic hydroxyl groups is 2. The van der Waals surface area contributed by atoms with Gasteiger partial charge in [0.25, 0.3) is 0 Å². The number of rotatable bonds is 9. The SMILES string of the molecule is COc1ccc(C(c2ccccc2)(c2ccc(OC)cc2)C(O)C[C@@H](O)c2ccccc2)cc1. The van der Waals surface area contributed by atoms with Gasteiger partial charge in [0, 0.05) is 6.42 Å². The summed E-state index contributed by atoms with van der Waals surface area (Å²) < 4.78 is 10.8. The summed E-state index contributed by atoms with van der Waals surface area (Å²) >= 11 is 0. The third-order valence-corrected chi connectivity index (χ3v) is 6.45. The van der Waals surface area contributed by atoms with E-state index in [0.717, 1.165) is 33.8 Å². The molecule has 0 saturated heterocycles. The summed E-state index contributed by atoms with van der Waals surface area (Å²) in [5.74, 6) is 1.47. The molecule has 0 aliphatic rings. The molecule has 4 aromatic rings. The fourth-order valence-corrected chi connectivity index (χ4v) is 4.69. The van der Waals surface area contributed by atoms with Crippen LogP contribution in [-0.2, 0) is 5.41 Å². The van der Waals surface area contributed by atoms with E-state index in [-0.39, 0.29) is 6.42 Å². The van der Waals surface area contributed by atoms with E-state index < -0.39 is 17.6 Å². The van der Waals surface area contributed by atoms with Crippen LogP contribution in [0.5, 0.6) is 11.5 Å². The molecule has 0 aliphatic heterocycles. The number of benzene rings is 4. The maximum atomic E-state index is 12.0. The van der Waals surface area contributed by atoms with Gasteiger partial charge in [-0.2, -0.15) is 0 Å². The molecular formula is C30H30O4. The number of hydrogen-bond donors (Lipinski definition) is 2. The van der Waals surface area contributed by atoms with Crippen molar-refractivity contribution in [3.63, 3.8) is 0 Å². The summed E-state index contributed by atoms with van der Waals surface area (Å²) in [6.07, 6.45) is -1.61. The first-order valence-corrected chi connectivity index (χ1v) is 11.3. The van der Waals surface area contributed by atoms with Crippen molar-refractivity contribution in [3.8, 4) is 11.5 Å². The van der Waals surface area contributed by atoms with E-state index >= 15 is 0 Å². The van der Waals surface area contributed by atoms with Crippen LogP contribution in [0.15, 0.2) is 109 Å². The predicted octanol–water partition coefficient (Wildman–Crippen LogP) is 5.52. The Morgan fingerprint density at radius 1 is 0.588 bits per heavy atom. The minimum absolute atomic E-state index is 0.150. The summed E-state index contributed by atoms with van der Waals surface area (Å²) in [5.41, 5.74) is 2.57. The predicted molar refractivity (Wildman–Crippen MR) is 134 cm³/mol. The molecule has 0 spiro atoms. The Balaban J connectivity index is 1.91. The highest BCUT2D eigenvalue weighted by atomic mass is 16.5. The van der Waals surface area contributed by atoms with Gasteiger partial charge in [-0.15, -0.1) is 0 Å². The van der Waals surface area contributed by atoms with Crippen molar-refractivity contribution >= 4 is 0 Å². The van der Waals surface area contributed by atoms with E-state index in [2.05, 4.69) is 0 Å². The topological polar surface area (TPSA) is 58.9 Å². The van der Waals surface area contributed by atoms with Gasteiger partial charge in [-0.3, -0.25) is 0 Å². The smallest absolute Gasteiger partial charge is 0.118 e. The Bertz CT molecular complexity index is 1110. The van der Waals surface area contributed by atoms with E-state index in [9.17, 15) is 10.2 Å². The van der Waals surface area contributed by atoms with Gasteiger partial charge < -0.3 is 19.7 Å². The zero-order chi connectivity index (χ0) is 24.0. The number of hydrogen-bond acceptors (Lipinski definition) is 4. The molecule has 0 aromatic heterocycles. The lowest BCUT2D eigenvalue weighted by Crippen LogP contribution is -2.43. The van der Waals surface area contributed by atoms with Crippen molar-refractivity contribution in [2.75, 3.05) is 14.2 Å². The van der Waals surface area contributed by atoms with Gasteiger partial charge in [-0.1, -0.05) is 84.9 Å². The molecule has 4 aromatic carbocycles. The van der Waals surface area contributed by atoms with Crippen LogP contribution in [0.2, 0.25) is 0 Å². The third kappa shape index (κ3) is 4.56. The quantitative estimate of drug-likeness (QED) is 0.327. The lowest BCUT2D eigenvalue weighted by Gasteiger charge is -2.41. The lowest BCUT2D eigenvalue weighted by molar-refractivity contribution is 0.0508. The molecule has 0 amide bonds. The maximum absolute atomic E-state index is 12.0. The number of aliphatic hydroxyl groups excluding tert-OH is 2. The Morgan fingerprint density at radius 2 is 1.00 bits per heavy atom. The highest BCUT2D eigenvalue weighted by molar-refractivity contribution is 5.53. The van der Waals surface area contributed by atoms with Gasteiger partial charge in [0.2, 0.25) is 0 Å². The second-order valence-electron chi connectivity index (χ2n) is 8.31. The standard InChI is InChI=1S/C30H30O4/c1-33-26-17-13-24(14-18-26)30(23-11-7-4-8-12-23,25-15-19-27(34-2)20-16-25)29(32)21-28(31)22-9-5-3-6-10-22/h3-20,28-29,31-32H,21H2,1-2H3/t28-,29?/m1/s1. The van der Waals surface area contributed by atoms with Crippen LogP contribution in [0, 0.1) is 0 Å². The molecule has 4 rings (SSSR count). The average molecular weight is 455 g/mol. The van der Waals surface area contributed by atoms with E-state index in [1.54, 1.807) is 14.2 Å². The molecule has 0 saturated carbocycles. The van der Waals surface area contributed by atoms with Gasteiger partial charge in [0.15, 0.2) is 0 Å². The molecular weight excluding hydrogens is 424 g/mol. The van der Waals surface area contributed by atoms with Crippen molar-refractivity contribution < 1.29 is 19.7 Å². The Hall–Kier alpha value is -3.60. The van der Waals surface area contributed by atoms with Gasteiger partial charge in [0.1, 0.15) is 11.5 Å². The summed E-state index contributed by atoms with van der Waals surface area (Å²) in [7, 11) is 3.27. The summed E-state index contributed by atoms with van der Waals surface area (Å²) in [5, 5.41) is 23.0. The van der Waals surface area contributed by atoms with E-state index in [0.29, 0.717) is 0 Å². The number of methoxy groups -OCH3 is 2. The summed E-state index contributed by atoms with van der Waals surface area (Å²) in [6.45, 7) is 0. The molecule has 0 aliphatic carbocycles. The van der Waals surface area contributed by atoms with E-state index in [4.69, 9.17) is 9.47 Å². The molecule has 4 heteroatoms. The van der Waals surface area contributed by atoms with Crippen molar-refractivity contribution in [2.24, 2.45) is 0 Å². The van der Waals surface area contributed by atoms with Crippen LogP contribution in [0.1, 0.15) is 34.8 Å². The van der Waals surface area contributed by atoms with Gasteiger partial charge in [-0.05, 0) is 46.5 Å². The number of ether oxygens (including phenoxy) is 2. The van der Waals surface area contributed by atoms with Gasteiger partial charge in [0.05, 0.1) is 31.8 Å². The zero-order valence-electron chi connectivity index (χ0n) is 19.5. The molecule has 0 radical (unpaired) electrons. The first-order valence-electron chi connectivity index (χ1n) is 11.3. The average Bonchev–Trinajstić information content (AvgIpc) is 2.91. The van der Waals surface area contributed by atoms with E-state index in [1.165, 1.54) is 0 Å². The first kappa shape index (κ1) is 23.6. The minimum Gasteiger partial charge on any atom is -0.497 e. The minimum atomic E-state index is -0.938. The normalized spacial score (nSPS) is 13.2. The molecule has 34 heavy (non-hydrogen) atoms. The molecule has 2 atom stereocenters. The second-order valence-corrected chi connectivity index (χ2v) is 8.31. The van der Waals surface area contributed by atoms with Crippen molar-refractivity contribution in [1.29, 1.82) is 0 Å². The lowest BCUT2D eigenvalue weighted by atomic mass is 9.64. The Kier molecular flexibility index (Phi) is 7.31. The second kappa shape index (κ2) is 10.6. The van der Waals surface area contributed by atoms with Crippen LogP contribution in [0.4, 0.5) is 0 Å². The van der Waals surface area contributed by atoms with Crippen LogP contribution in [0.25, 0.3) is 0 Å². The van der Waals surface area contributed by atoms with Crippen LogP contribution in [0.3, 0.4) is 0 Å². The van der Waals surface area contributed by atoms with Crippen LogP contribution in [-0.4, -0.2) is 30.5 Å². The first-order chi connectivity index (χ1) is 16.6. The summed E-state index contributed by atoms with van der Waals surface area (Å²) in [6, 6.07) is 34.9. The highest BCUT2D eigenvalue weighted by Gasteiger charge is 2.44. The van der Waals surface area contributed by atoms with Crippen molar-refractivity contribution in [2.45, 2.75) is 24.0 Å². The molecule has 174 valence electrons. The summed E-state index contributed by atoms with van der Waals surface area (Å²) in [4.78, 5) is 0. The van der Waals surface area contributed by atoms with Crippen molar-refractivity contribution in [1.82, 2.24) is 0 Å². The van der Waals surface area contributed by atoms with Crippen LogP contribution < -0.4 is 9.47 Å². The van der Waals surface area contributed by atoms with E-state index in [1.807, 2.05) is 109 Å². The van der Waals surface area contributed by atoms with Gasteiger partial charge >= 0.3 is 0 Å². The fourth-order valence-electron chi connectivity index (χ4n) is 4.69. The van der Waals surface area contributed by atoms with Crippen LogP contribution >= 0.6 is 0 Å². The molecule has 4 nitrogen and oxygen atoms in total. The largest absolute Gasteiger partial charge is 0.497 e. The van der Waals surface area contributed by atoms with Gasteiger partial charge in [-0.25, -0.2) is 0 Å². The van der Waals surface area contributed by atoms with Crippen molar-refractivity contribution in [3.05, 3.63) is 131 Å². The maximum Gasteiger partial charge on any atom is 0.118 e. The molecule has 2 N–H and O–H groups in total. The molecule has 0 bridgehead atoms. The Labute approximate surface area is 201 Å². The molecule has 0 heterocycles. The zero-order valence-corrected chi connectivity index (χ0v) is 19.5. The highest BCUT2D eigenvalue weighted by Crippen LogP contribution is 2.45. The fraction of sp³-hybridized carbons (Fsp3) is 0.200. The molecule has 1 unspecified atom stereocenters. The monoisotopic (exact) mass is 454 g/mol. The molecule has 0 fully saturated rings. The Morgan fingerprint density at radius 3 is 1.44 bits per heavy atom. The third-order valence-electron chi connectivity index (χ3n) is 6.45.